The van der Waals surface area contributed by atoms with E-state index in [2.05, 4.69) is 62.3 Å². The lowest BCUT2D eigenvalue weighted by atomic mass is 9.43. The molecule has 0 aromatic rings. The molecule has 9 atom stereocenters. The van der Waals surface area contributed by atoms with Crippen LogP contribution in [0.5, 0.6) is 0 Å². The van der Waals surface area contributed by atoms with E-state index in [0.717, 1.165) is 11.8 Å². The first-order valence-corrected chi connectivity index (χ1v) is 12.4. The average molecular weight is 393 g/mol. The summed E-state index contributed by atoms with van der Waals surface area (Å²) < 4.78 is 13.4. The monoisotopic (exact) mass is 392 g/mol. The van der Waals surface area contributed by atoms with Crippen molar-refractivity contribution in [2.75, 3.05) is 0 Å². The summed E-state index contributed by atoms with van der Waals surface area (Å²) in [5.41, 5.74) is 0.798. The van der Waals surface area contributed by atoms with Crippen molar-refractivity contribution in [2.24, 2.45) is 40.4 Å². The zero-order chi connectivity index (χ0) is 20.9. The summed E-state index contributed by atoms with van der Waals surface area (Å²) in [5.74, 6) is 3.05. The van der Waals surface area contributed by atoms with Crippen LogP contribution in [0.25, 0.3) is 0 Å². The fourth-order valence-electron chi connectivity index (χ4n) is 7.91. The number of hydrogen-bond donors (Lipinski definition) is 0. The Morgan fingerprint density at radius 2 is 1.61 bits per heavy atom. The molecule has 0 N–H and O–H groups in total. The first-order chi connectivity index (χ1) is 13.1. The molecule has 3 rings (SSSR count). The molecule has 1 saturated heterocycles. The van der Waals surface area contributed by atoms with Gasteiger partial charge in [-0.25, -0.2) is 0 Å². The second kappa shape index (κ2) is 7.88. The third-order valence-corrected chi connectivity index (χ3v) is 9.84. The Morgan fingerprint density at radius 1 is 0.964 bits per heavy atom. The zero-order valence-electron chi connectivity index (χ0n) is 20.3. The first kappa shape index (κ1) is 22.6. The van der Waals surface area contributed by atoms with Gasteiger partial charge in [0.2, 0.25) is 0 Å². The summed E-state index contributed by atoms with van der Waals surface area (Å²) in [5, 5.41) is 0. The standard InChI is InChI=1S/C26H48O2/c1-10-13-20-22-23(28-24(6,7)27-22)21-18(5)25(8,17(4)12-3)16-14-19(21)26(20,9)15-11-2/h17-23H,10-16H2,1-9H3/t17-,18?,19?,20?,21?,22-,23-,25-,26-/m1/s1. The molecule has 0 aromatic carbocycles. The predicted molar refractivity (Wildman–Crippen MR) is 118 cm³/mol. The van der Waals surface area contributed by atoms with Crippen LogP contribution in [0.1, 0.15) is 107 Å². The molecule has 1 heterocycles. The van der Waals surface area contributed by atoms with Crippen LogP contribution in [0, 0.1) is 40.4 Å². The van der Waals surface area contributed by atoms with Crippen molar-refractivity contribution < 1.29 is 9.47 Å². The van der Waals surface area contributed by atoms with E-state index in [1.165, 1.54) is 44.9 Å². The van der Waals surface area contributed by atoms with Gasteiger partial charge in [0, 0.05) is 0 Å². The molecule has 28 heavy (non-hydrogen) atoms. The lowest BCUT2D eigenvalue weighted by Crippen LogP contribution is -2.62. The summed E-state index contributed by atoms with van der Waals surface area (Å²) in [6.45, 7) is 21.6. The molecule has 2 saturated carbocycles. The van der Waals surface area contributed by atoms with Crippen molar-refractivity contribution in [1.82, 2.24) is 0 Å². The van der Waals surface area contributed by atoms with Gasteiger partial charge in [-0.1, -0.05) is 67.7 Å². The summed E-state index contributed by atoms with van der Waals surface area (Å²) in [6.07, 6.45) is 9.71. The Labute approximate surface area is 175 Å². The van der Waals surface area contributed by atoms with E-state index < -0.39 is 5.79 Å². The van der Waals surface area contributed by atoms with Crippen LogP contribution in [0.2, 0.25) is 0 Å². The Morgan fingerprint density at radius 3 is 2.18 bits per heavy atom. The Balaban J connectivity index is 2.06. The molecule has 0 amide bonds. The molecule has 2 heteroatoms. The van der Waals surface area contributed by atoms with Crippen LogP contribution in [0.4, 0.5) is 0 Å². The highest BCUT2D eigenvalue weighted by molar-refractivity contribution is 5.12. The van der Waals surface area contributed by atoms with Crippen LogP contribution in [0.3, 0.4) is 0 Å². The van der Waals surface area contributed by atoms with Gasteiger partial charge in [-0.05, 0) is 80.0 Å². The molecule has 0 bridgehead atoms. The third-order valence-electron chi connectivity index (χ3n) is 9.84. The second-order valence-corrected chi connectivity index (χ2v) is 11.5. The van der Waals surface area contributed by atoms with Gasteiger partial charge in [-0.2, -0.15) is 0 Å². The zero-order valence-corrected chi connectivity index (χ0v) is 20.3. The van der Waals surface area contributed by atoms with Crippen molar-refractivity contribution in [3.05, 3.63) is 0 Å². The van der Waals surface area contributed by atoms with Crippen molar-refractivity contribution in [1.29, 1.82) is 0 Å². The largest absolute Gasteiger partial charge is 0.344 e. The fraction of sp³-hybridized carbons (Fsp3) is 1.00. The van der Waals surface area contributed by atoms with E-state index in [0.29, 0.717) is 28.6 Å². The van der Waals surface area contributed by atoms with Crippen LogP contribution >= 0.6 is 0 Å². The summed E-state index contributed by atoms with van der Waals surface area (Å²) in [6, 6.07) is 0. The van der Waals surface area contributed by atoms with Gasteiger partial charge in [0.15, 0.2) is 5.79 Å². The molecule has 1 aliphatic heterocycles. The number of hydrogen-bond acceptors (Lipinski definition) is 2. The minimum Gasteiger partial charge on any atom is -0.344 e. The molecule has 0 aromatic heterocycles. The maximum Gasteiger partial charge on any atom is 0.163 e. The average Bonchev–Trinajstić information content (AvgIpc) is 2.95. The molecule has 0 radical (unpaired) electrons. The van der Waals surface area contributed by atoms with Crippen LogP contribution in [-0.4, -0.2) is 18.0 Å². The Bertz CT molecular complexity index is 543. The van der Waals surface area contributed by atoms with E-state index in [4.69, 9.17) is 9.47 Å². The topological polar surface area (TPSA) is 18.5 Å². The molecule has 164 valence electrons. The molecular formula is C26H48O2. The summed E-state index contributed by atoms with van der Waals surface area (Å²) >= 11 is 0. The molecular weight excluding hydrogens is 344 g/mol. The highest BCUT2D eigenvalue weighted by atomic mass is 16.8. The Hall–Kier alpha value is -0.0800. The Kier molecular flexibility index (Phi) is 6.36. The van der Waals surface area contributed by atoms with E-state index in [1.54, 1.807) is 0 Å². The third kappa shape index (κ3) is 3.39. The lowest BCUT2D eigenvalue weighted by molar-refractivity contribution is -0.179. The van der Waals surface area contributed by atoms with Gasteiger partial charge >= 0.3 is 0 Å². The van der Waals surface area contributed by atoms with Crippen LogP contribution in [0.15, 0.2) is 0 Å². The van der Waals surface area contributed by atoms with Crippen molar-refractivity contribution in [3.63, 3.8) is 0 Å². The minimum atomic E-state index is -0.437. The summed E-state index contributed by atoms with van der Waals surface area (Å²) in [7, 11) is 0. The molecule has 4 unspecified atom stereocenters. The highest BCUT2D eigenvalue weighted by Crippen LogP contribution is 2.65. The molecule has 3 fully saturated rings. The number of ether oxygens (including phenoxy) is 2. The van der Waals surface area contributed by atoms with Crippen molar-refractivity contribution in [2.45, 2.75) is 125 Å². The van der Waals surface area contributed by atoms with Gasteiger partial charge < -0.3 is 9.47 Å². The number of rotatable bonds is 6. The van der Waals surface area contributed by atoms with E-state index in [1.807, 2.05) is 0 Å². The lowest BCUT2D eigenvalue weighted by Gasteiger charge is -2.63. The van der Waals surface area contributed by atoms with Crippen LogP contribution in [-0.2, 0) is 9.47 Å². The quantitative estimate of drug-likeness (QED) is 0.467. The first-order valence-electron chi connectivity index (χ1n) is 12.4. The van der Waals surface area contributed by atoms with Gasteiger partial charge in [0.25, 0.3) is 0 Å². The van der Waals surface area contributed by atoms with Crippen LogP contribution < -0.4 is 0 Å². The number of fused-ring (bicyclic) bond motifs is 3. The van der Waals surface area contributed by atoms with Gasteiger partial charge in [-0.3, -0.25) is 0 Å². The van der Waals surface area contributed by atoms with Gasteiger partial charge in [0.05, 0.1) is 12.2 Å². The van der Waals surface area contributed by atoms with E-state index >= 15 is 0 Å². The SMILES string of the molecule is CCCC1[C@H]2OC(C)(C)O[C@@H]2C2C(CC[C@](C)([C@H](C)CC)C2C)[C@@]1(C)CCC. The van der Waals surface area contributed by atoms with Gasteiger partial charge in [0.1, 0.15) is 0 Å². The molecule has 0 spiro atoms. The fourth-order valence-corrected chi connectivity index (χ4v) is 7.91. The second-order valence-electron chi connectivity index (χ2n) is 11.5. The van der Waals surface area contributed by atoms with Crippen molar-refractivity contribution in [3.8, 4) is 0 Å². The van der Waals surface area contributed by atoms with Crippen molar-refractivity contribution >= 4 is 0 Å². The molecule has 3 aliphatic rings. The maximum absolute atomic E-state index is 6.73. The van der Waals surface area contributed by atoms with E-state index in [-0.39, 0.29) is 12.2 Å². The summed E-state index contributed by atoms with van der Waals surface area (Å²) in [4.78, 5) is 0. The normalized spacial score (nSPS) is 48.8. The minimum absolute atomic E-state index is 0.273. The smallest absolute Gasteiger partial charge is 0.163 e. The highest BCUT2D eigenvalue weighted by Gasteiger charge is 2.65. The molecule has 2 aliphatic carbocycles. The van der Waals surface area contributed by atoms with E-state index in [9.17, 15) is 0 Å². The predicted octanol–water partition coefficient (Wildman–Crippen LogP) is 7.46. The van der Waals surface area contributed by atoms with Gasteiger partial charge in [-0.15, -0.1) is 0 Å². The molecule has 2 nitrogen and oxygen atoms in total. The maximum atomic E-state index is 6.73.